The Morgan fingerprint density at radius 3 is 2.53 bits per heavy atom. The Bertz CT molecular complexity index is 399. The van der Waals surface area contributed by atoms with Crippen LogP contribution in [-0.2, 0) is 6.18 Å². The van der Waals surface area contributed by atoms with Gasteiger partial charge in [0.2, 0.25) is 0 Å². The molecule has 19 heavy (non-hydrogen) atoms. The second-order valence-electron chi connectivity index (χ2n) is 4.75. The number of rotatable bonds is 4. The predicted molar refractivity (Wildman–Crippen MR) is 65.9 cm³/mol. The molecule has 2 atom stereocenters. The summed E-state index contributed by atoms with van der Waals surface area (Å²) in [6, 6.07) is 4.57. The van der Waals surface area contributed by atoms with Crippen molar-refractivity contribution in [3.8, 4) is 5.75 Å². The third-order valence-electron chi connectivity index (χ3n) is 3.33. The average molecular weight is 274 g/mol. The number of ether oxygens (including phenoxy) is 1. The van der Waals surface area contributed by atoms with Crippen LogP contribution in [0.1, 0.15) is 12.0 Å². The van der Waals surface area contributed by atoms with Gasteiger partial charge in [-0.1, -0.05) is 0 Å². The molecule has 0 aliphatic carbocycles. The molecular formula is C13H17F3N2O. The summed E-state index contributed by atoms with van der Waals surface area (Å²) in [4.78, 5) is 0. The van der Waals surface area contributed by atoms with Crippen LogP contribution < -0.4 is 15.8 Å². The minimum atomic E-state index is -4.32. The fraction of sp³-hybridized carbons (Fsp3) is 0.538. The molecule has 6 heteroatoms. The molecule has 1 saturated heterocycles. The van der Waals surface area contributed by atoms with Gasteiger partial charge in [-0.15, -0.1) is 0 Å². The molecule has 0 bridgehead atoms. The van der Waals surface area contributed by atoms with E-state index < -0.39 is 11.7 Å². The Morgan fingerprint density at radius 1 is 1.32 bits per heavy atom. The summed E-state index contributed by atoms with van der Waals surface area (Å²) in [6.45, 7) is 2.15. The lowest BCUT2D eigenvalue weighted by atomic mass is 10.0. The van der Waals surface area contributed by atoms with Gasteiger partial charge in [0.15, 0.2) is 0 Å². The minimum absolute atomic E-state index is 0.0997. The van der Waals surface area contributed by atoms with Gasteiger partial charge in [0, 0.05) is 6.04 Å². The largest absolute Gasteiger partial charge is 0.492 e. The third-order valence-corrected chi connectivity index (χ3v) is 3.33. The molecule has 3 nitrogen and oxygen atoms in total. The third kappa shape index (κ3) is 3.84. The SMILES string of the molecule is NC(COc1ccc(C(F)(F)F)cc1)C1CCNC1. The summed E-state index contributed by atoms with van der Waals surface area (Å²) in [5, 5.41) is 3.21. The Morgan fingerprint density at radius 2 is 2.00 bits per heavy atom. The monoisotopic (exact) mass is 274 g/mol. The van der Waals surface area contributed by atoms with Crippen molar-refractivity contribution in [2.75, 3.05) is 19.7 Å². The number of benzene rings is 1. The van der Waals surface area contributed by atoms with Crippen molar-refractivity contribution < 1.29 is 17.9 Å². The molecule has 3 N–H and O–H groups in total. The number of alkyl halides is 3. The van der Waals surface area contributed by atoms with Crippen LogP contribution in [0, 0.1) is 5.92 Å². The Kier molecular flexibility index (Phi) is 4.31. The molecule has 0 saturated carbocycles. The van der Waals surface area contributed by atoms with E-state index in [9.17, 15) is 13.2 Å². The highest BCUT2D eigenvalue weighted by atomic mass is 19.4. The molecule has 1 heterocycles. The summed E-state index contributed by atoms with van der Waals surface area (Å²) in [6.07, 6.45) is -3.30. The van der Waals surface area contributed by atoms with Crippen LogP contribution in [0.25, 0.3) is 0 Å². The molecule has 1 aromatic carbocycles. The lowest BCUT2D eigenvalue weighted by molar-refractivity contribution is -0.137. The first-order valence-corrected chi connectivity index (χ1v) is 6.23. The van der Waals surface area contributed by atoms with Crippen LogP contribution in [-0.4, -0.2) is 25.7 Å². The topological polar surface area (TPSA) is 47.3 Å². The fourth-order valence-electron chi connectivity index (χ4n) is 2.11. The molecule has 1 aromatic rings. The number of nitrogens with one attached hydrogen (secondary N) is 1. The number of halogens is 3. The van der Waals surface area contributed by atoms with Crippen molar-refractivity contribution in [1.29, 1.82) is 0 Å². The summed E-state index contributed by atoms with van der Waals surface area (Å²) in [7, 11) is 0. The first-order valence-electron chi connectivity index (χ1n) is 6.23. The van der Waals surface area contributed by atoms with Crippen molar-refractivity contribution in [1.82, 2.24) is 5.32 Å². The van der Waals surface area contributed by atoms with E-state index in [-0.39, 0.29) is 6.04 Å². The van der Waals surface area contributed by atoms with E-state index in [4.69, 9.17) is 10.5 Å². The van der Waals surface area contributed by atoms with Gasteiger partial charge < -0.3 is 15.8 Å². The summed E-state index contributed by atoms with van der Waals surface area (Å²) in [5.74, 6) is 0.781. The second-order valence-corrected chi connectivity index (χ2v) is 4.75. The normalized spacial score (nSPS) is 21.4. The Labute approximate surface area is 109 Å². The standard InChI is InChI=1S/C13H17F3N2O/c14-13(15,16)10-1-3-11(4-2-10)19-8-12(17)9-5-6-18-7-9/h1-4,9,12,18H,5-8,17H2. The van der Waals surface area contributed by atoms with Crippen molar-refractivity contribution >= 4 is 0 Å². The van der Waals surface area contributed by atoms with Gasteiger partial charge in [0.05, 0.1) is 5.56 Å². The maximum Gasteiger partial charge on any atom is 0.416 e. The van der Waals surface area contributed by atoms with Crippen molar-refractivity contribution in [2.45, 2.75) is 18.6 Å². The van der Waals surface area contributed by atoms with Crippen LogP contribution in [0.5, 0.6) is 5.75 Å². The minimum Gasteiger partial charge on any atom is -0.492 e. The second kappa shape index (κ2) is 5.79. The van der Waals surface area contributed by atoms with Crippen molar-refractivity contribution in [3.63, 3.8) is 0 Å². The molecule has 0 aromatic heterocycles. The van der Waals surface area contributed by atoms with Crippen LogP contribution in [0.2, 0.25) is 0 Å². The van der Waals surface area contributed by atoms with Gasteiger partial charge in [-0.25, -0.2) is 0 Å². The molecule has 0 spiro atoms. The fourth-order valence-corrected chi connectivity index (χ4v) is 2.11. The van der Waals surface area contributed by atoms with Gasteiger partial charge >= 0.3 is 6.18 Å². The summed E-state index contributed by atoms with van der Waals surface area (Å²) < 4.78 is 42.5. The van der Waals surface area contributed by atoms with Crippen molar-refractivity contribution in [2.24, 2.45) is 11.7 Å². The maximum absolute atomic E-state index is 12.4. The zero-order valence-corrected chi connectivity index (χ0v) is 10.4. The first kappa shape index (κ1) is 14.1. The highest BCUT2D eigenvalue weighted by Crippen LogP contribution is 2.30. The molecule has 2 rings (SSSR count). The first-order chi connectivity index (χ1) is 8.97. The molecule has 0 amide bonds. The Hall–Kier alpha value is -1.27. The summed E-state index contributed by atoms with van der Waals surface area (Å²) >= 11 is 0. The molecule has 1 aliphatic rings. The zero-order valence-electron chi connectivity index (χ0n) is 10.4. The molecule has 1 aliphatic heterocycles. The van der Waals surface area contributed by atoms with Gasteiger partial charge in [-0.3, -0.25) is 0 Å². The van der Waals surface area contributed by atoms with Crippen LogP contribution in [0.4, 0.5) is 13.2 Å². The predicted octanol–water partition coefficient (Wildman–Crippen LogP) is 2.02. The number of hydrogen-bond donors (Lipinski definition) is 2. The van der Waals surface area contributed by atoms with Gasteiger partial charge in [-0.2, -0.15) is 13.2 Å². The van der Waals surface area contributed by atoms with E-state index in [1.165, 1.54) is 12.1 Å². The molecule has 0 radical (unpaired) electrons. The van der Waals surface area contributed by atoms with E-state index in [1.54, 1.807) is 0 Å². The van der Waals surface area contributed by atoms with E-state index >= 15 is 0 Å². The van der Waals surface area contributed by atoms with E-state index in [1.807, 2.05) is 0 Å². The van der Waals surface area contributed by atoms with Crippen molar-refractivity contribution in [3.05, 3.63) is 29.8 Å². The van der Waals surface area contributed by atoms with Gasteiger partial charge in [0.25, 0.3) is 0 Å². The van der Waals surface area contributed by atoms with E-state index in [0.717, 1.165) is 31.6 Å². The van der Waals surface area contributed by atoms with E-state index in [0.29, 0.717) is 18.3 Å². The number of hydrogen-bond acceptors (Lipinski definition) is 3. The average Bonchev–Trinajstić information content (AvgIpc) is 2.89. The van der Waals surface area contributed by atoms with Gasteiger partial charge in [-0.05, 0) is 49.7 Å². The lowest BCUT2D eigenvalue weighted by Crippen LogP contribution is -2.37. The van der Waals surface area contributed by atoms with E-state index in [2.05, 4.69) is 5.32 Å². The molecule has 1 fully saturated rings. The zero-order chi connectivity index (χ0) is 13.9. The smallest absolute Gasteiger partial charge is 0.416 e. The quantitative estimate of drug-likeness (QED) is 0.883. The lowest BCUT2D eigenvalue weighted by Gasteiger charge is -2.18. The molecular weight excluding hydrogens is 257 g/mol. The highest BCUT2D eigenvalue weighted by molar-refractivity contribution is 5.28. The molecule has 106 valence electrons. The highest BCUT2D eigenvalue weighted by Gasteiger charge is 2.30. The summed E-state index contributed by atoms with van der Waals surface area (Å²) in [5.41, 5.74) is 5.30. The van der Waals surface area contributed by atoms with Crippen LogP contribution >= 0.6 is 0 Å². The number of nitrogens with two attached hydrogens (primary N) is 1. The van der Waals surface area contributed by atoms with Crippen LogP contribution in [0.3, 0.4) is 0 Å². The molecule has 2 unspecified atom stereocenters. The Balaban J connectivity index is 1.86. The van der Waals surface area contributed by atoms with Crippen LogP contribution in [0.15, 0.2) is 24.3 Å². The van der Waals surface area contributed by atoms with Gasteiger partial charge in [0.1, 0.15) is 12.4 Å². The maximum atomic E-state index is 12.4.